The van der Waals surface area contributed by atoms with Crippen LogP contribution in [-0.4, -0.2) is 80.0 Å². The predicted molar refractivity (Wildman–Crippen MR) is 172 cm³/mol. The number of hydrogen-bond acceptors (Lipinski definition) is 8. The summed E-state index contributed by atoms with van der Waals surface area (Å²) in [6.45, 7) is 2.72. The number of thiophene rings is 1. The van der Waals surface area contributed by atoms with Crippen molar-refractivity contribution in [3.63, 3.8) is 0 Å². The number of amides is 4. The SMILES string of the molecule is Cn1cc(NC(=O)c2sccc2Cl)cc1C(=O)Nc1ccc(C(=O)Nc2cn(C)c(C(=O)NCCN3CCC(O)CC3)n2)cc1. The van der Waals surface area contributed by atoms with Crippen LogP contribution in [-0.2, 0) is 14.1 Å². The van der Waals surface area contributed by atoms with Gasteiger partial charge in [0.15, 0.2) is 5.82 Å². The number of carbonyl (C=O) groups excluding carboxylic acids is 4. The Morgan fingerprint density at radius 1 is 0.911 bits per heavy atom. The van der Waals surface area contributed by atoms with Gasteiger partial charge in [0.05, 0.1) is 16.8 Å². The molecule has 45 heavy (non-hydrogen) atoms. The Morgan fingerprint density at radius 2 is 1.62 bits per heavy atom. The molecule has 15 heteroatoms. The van der Waals surface area contributed by atoms with Crippen LogP contribution in [0.15, 0.2) is 54.2 Å². The van der Waals surface area contributed by atoms with Gasteiger partial charge in [-0.1, -0.05) is 11.6 Å². The molecule has 4 amide bonds. The second-order valence-corrected chi connectivity index (χ2v) is 12.0. The number of imidazole rings is 1. The maximum absolute atomic E-state index is 12.9. The summed E-state index contributed by atoms with van der Waals surface area (Å²) in [5.74, 6) is -1.16. The van der Waals surface area contributed by atoms with Crippen molar-refractivity contribution in [2.75, 3.05) is 42.1 Å². The molecule has 5 N–H and O–H groups in total. The molecular weight excluding hydrogens is 620 g/mol. The molecule has 0 unspecified atom stereocenters. The molecule has 0 atom stereocenters. The quantitative estimate of drug-likeness (QED) is 0.175. The number of halogens is 1. The minimum atomic E-state index is -0.432. The van der Waals surface area contributed by atoms with Gasteiger partial charge >= 0.3 is 0 Å². The molecule has 13 nitrogen and oxygen atoms in total. The number of nitrogens with zero attached hydrogens (tertiary/aromatic N) is 4. The fraction of sp³-hybridized carbons (Fsp3) is 0.300. The van der Waals surface area contributed by atoms with Crippen LogP contribution in [0, 0.1) is 0 Å². The number of rotatable bonds is 10. The van der Waals surface area contributed by atoms with E-state index in [9.17, 15) is 24.3 Å². The third-order valence-electron chi connectivity index (χ3n) is 7.32. The molecule has 1 saturated heterocycles. The maximum atomic E-state index is 12.9. The molecule has 1 aliphatic rings. The van der Waals surface area contributed by atoms with E-state index in [-0.39, 0.29) is 29.6 Å². The van der Waals surface area contributed by atoms with E-state index >= 15 is 0 Å². The zero-order valence-electron chi connectivity index (χ0n) is 24.7. The molecule has 0 aliphatic carbocycles. The average molecular weight is 653 g/mol. The van der Waals surface area contributed by atoms with Gasteiger partial charge < -0.3 is 40.4 Å². The van der Waals surface area contributed by atoms with E-state index in [1.165, 1.54) is 11.3 Å². The van der Waals surface area contributed by atoms with Gasteiger partial charge in [0.2, 0.25) is 5.82 Å². The number of piperidine rings is 1. The molecule has 236 valence electrons. The number of likely N-dealkylation sites (tertiary alicyclic amines) is 1. The highest BCUT2D eigenvalue weighted by molar-refractivity contribution is 7.12. The smallest absolute Gasteiger partial charge is 0.287 e. The minimum Gasteiger partial charge on any atom is -0.393 e. The van der Waals surface area contributed by atoms with Gasteiger partial charge in [-0.05, 0) is 54.6 Å². The van der Waals surface area contributed by atoms with Crippen LogP contribution in [0.5, 0.6) is 0 Å². The largest absolute Gasteiger partial charge is 0.393 e. The van der Waals surface area contributed by atoms with Crippen molar-refractivity contribution in [3.8, 4) is 0 Å². The monoisotopic (exact) mass is 652 g/mol. The number of aromatic nitrogens is 3. The first-order chi connectivity index (χ1) is 21.6. The molecule has 0 spiro atoms. The number of aliphatic hydroxyl groups is 1. The summed E-state index contributed by atoms with van der Waals surface area (Å²) in [5, 5.41) is 22.8. The molecule has 4 aromatic rings. The van der Waals surface area contributed by atoms with Crippen molar-refractivity contribution in [1.82, 2.24) is 24.3 Å². The normalized spacial score (nSPS) is 13.8. The number of nitrogens with one attached hydrogen (secondary N) is 4. The Balaban J connectivity index is 1.12. The first-order valence-corrected chi connectivity index (χ1v) is 15.5. The lowest BCUT2D eigenvalue weighted by molar-refractivity contribution is 0.0801. The van der Waals surface area contributed by atoms with Crippen LogP contribution in [0.25, 0.3) is 0 Å². The summed E-state index contributed by atoms with van der Waals surface area (Å²) in [7, 11) is 3.36. The summed E-state index contributed by atoms with van der Waals surface area (Å²) < 4.78 is 3.13. The third kappa shape index (κ3) is 7.97. The van der Waals surface area contributed by atoms with Gasteiger partial charge in [0.1, 0.15) is 10.6 Å². The van der Waals surface area contributed by atoms with Crippen molar-refractivity contribution < 1.29 is 24.3 Å². The van der Waals surface area contributed by atoms with Crippen molar-refractivity contribution in [1.29, 1.82) is 0 Å². The van der Waals surface area contributed by atoms with E-state index in [0.29, 0.717) is 45.6 Å². The van der Waals surface area contributed by atoms with E-state index in [1.54, 1.807) is 77.4 Å². The second-order valence-electron chi connectivity index (χ2n) is 10.7. The molecule has 0 bridgehead atoms. The fourth-order valence-corrected chi connectivity index (χ4v) is 5.91. The van der Waals surface area contributed by atoms with Crippen molar-refractivity contribution in [3.05, 3.63) is 81.2 Å². The molecule has 1 aromatic carbocycles. The van der Waals surface area contributed by atoms with Gasteiger partial charge in [-0.3, -0.25) is 19.2 Å². The van der Waals surface area contributed by atoms with Crippen LogP contribution in [0.1, 0.15) is 54.0 Å². The Labute approximate surface area is 268 Å². The van der Waals surface area contributed by atoms with Gasteiger partial charge in [0.25, 0.3) is 23.6 Å². The summed E-state index contributed by atoms with van der Waals surface area (Å²) in [5.41, 5.74) is 1.54. The van der Waals surface area contributed by atoms with Gasteiger partial charge in [0, 0.05) is 63.9 Å². The van der Waals surface area contributed by atoms with E-state index in [2.05, 4.69) is 31.2 Å². The summed E-state index contributed by atoms with van der Waals surface area (Å²) in [4.78, 5) is 57.7. The molecule has 0 saturated carbocycles. The Kier molecular flexibility index (Phi) is 9.98. The van der Waals surface area contributed by atoms with Crippen LogP contribution in [0.2, 0.25) is 5.02 Å². The first-order valence-electron chi connectivity index (χ1n) is 14.2. The van der Waals surface area contributed by atoms with Crippen LogP contribution < -0.4 is 21.3 Å². The zero-order chi connectivity index (χ0) is 32.1. The molecule has 1 aliphatic heterocycles. The summed E-state index contributed by atoms with van der Waals surface area (Å²) in [6, 6.07) is 9.50. The number of aliphatic hydroxyl groups excluding tert-OH is 1. The minimum absolute atomic E-state index is 0.163. The predicted octanol–water partition coefficient (Wildman–Crippen LogP) is 3.42. The fourth-order valence-electron chi connectivity index (χ4n) is 4.88. The average Bonchev–Trinajstić information content (AvgIpc) is 3.71. The zero-order valence-corrected chi connectivity index (χ0v) is 26.2. The van der Waals surface area contributed by atoms with E-state index < -0.39 is 11.8 Å². The number of carbonyl (C=O) groups is 4. The topological polar surface area (TPSA) is 163 Å². The number of anilines is 3. The summed E-state index contributed by atoms with van der Waals surface area (Å²) >= 11 is 7.26. The first kappa shape index (κ1) is 31.9. The standard InChI is InChI=1S/C30H33ClN8O5S/c1-37-16-20(34-29(43)25-22(31)9-14-45-25)15-23(37)28(42)33-19-5-3-18(4-6-19)27(41)36-24-17-38(2)26(35-24)30(44)32-10-13-39-11-7-21(40)8-12-39/h3-6,9,14-17,21,40H,7-8,10-13H2,1-2H3,(H,32,44)(H,33,42)(H,34,43)(H,36,41). The van der Waals surface area contributed by atoms with Crippen LogP contribution >= 0.6 is 22.9 Å². The van der Waals surface area contributed by atoms with Crippen LogP contribution in [0.3, 0.4) is 0 Å². The Bertz CT molecular complexity index is 1700. The lowest BCUT2D eigenvalue weighted by atomic mass is 10.1. The maximum Gasteiger partial charge on any atom is 0.287 e. The number of aryl methyl sites for hydroxylation is 2. The molecule has 4 heterocycles. The van der Waals surface area contributed by atoms with Gasteiger partial charge in [-0.25, -0.2) is 4.98 Å². The third-order valence-corrected chi connectivity index (χ3v) is 8.66. The van der Waals surface area contributed by atoms with Gasteiger partial charge in [-0.2, -0.15) is 0 Å². The van der Waals surface area contributed by atoms with Crippen molar-refractivity contribution >= 4 is 63.8 Å². The van der Waals surface area contributed by atoms with E-state index in [4.69, 9.17) is 11.6 Å². The van der Waals surface area contributed by atoms with Crippen molar-refractivity contribution in [2.45, 2.75) is 18.9 Å². The van der Waals surface area contributed by atoms with Crippen LogP contribution in [0.4, 0.5) is 17.2 Å². The van der Waals surface area contributed by atoms with E-state index in [1.807, 2.05) is 0 Å². The molecule has 1 fully saturated rings. The second kappa shape index (κ2) is 14.1. The Morgan fingerprint density at radius 3 is 2.31 bits per heavy atom. The van der Waals surface area contributed by atoms with Crippen molar-refractivity contribution in [2.24, 2.45) is 14.1 Å². The highest BCUT2D eigenvalue weighted by Gasteiger charge is 2.20. The molecule has 5 rings (SSSR count). The Hall–Kier alpha value is -4.50. The summed E-state index contributed by atoms with van der Waals surface area (Å²) in [6.07, 6.45) is 4.40. The number of benzene rings is 1. The van der Waals surface area contributed by atoms with Gasteiger partial charge in [-0.15, -0.1) is 11.3 Å². The molecule has 0 radical (unpaired) electrons. The lowest BCUT2D eigenvalue weighted by Gasteiger charge is -2.29. The molecule has 3 aromatic heterocycles. The van der Waals surface area contributed by atoms with E-state index in [0.717, 1.165) is 25.9 Å². The highest BCUT2D eigenvalue weighted by Crippen LogP contribution is 2.24. The molecular formula is C30H33ClN8O5S. The number of hydrogen-bond donors (Lipinski definition) is 5. The highest BCUT2D eigenvalue weighted by atomic mass is 35.5. The lowest BCUT2D eigenvalue weighted by Crippen LogP contribution is -2.41.